The molecule has 0 heterocycles. The third kappa shape index (κ3) is 4.71. The van der Waals surface area contributed by atoms with Gasteiger partial charge in [0.25, 0.3) is 0 Å². The summed E-state index contributed by atoms with van der Waals surface area (Å²) in [6, 6.07) is 8.35. The number of carboxylic acids is 1. The van der Waals surface area contributed by atoms with Crippen LogP contribution in [0.1, 0.15) is 31.9 Å². The zero-order chi connectivity index (χ0) is 14.4. The lowest BCUT2D eigenvalue weighted by Gasteiger charge is -2.24. The van der Waals surface area contributed by atoms with Gasteiger partial charge in [0.05, 0.1) is 18.5 Å². The van der Waals surface area contributed by atoms with Crippen LogP contribution in [0.5, 0.6) is 0 Å². The van der Waals surface area contributed by atoms with E-state index in [9.17, 15) is 9.59 Å². The van der Waals surface area contributed by atoms with Gasteiger partial charge in [-0.3, -0.25) is 9.59 Å². The van der Waals surface area contributed by atoms with Gasteiger partial charge >= 0.3 is 5.97 Å². The highest BCUT2D eigenvalue weighted by Crippen LogP contribution is 2.21. The van der Waals surface area contributed by atoms with E-state index in [2.05, 4.69) is 5.32 Å². The van der Waals surface area contributed by atoms with Gasteiger partial charge in [0, 0.05) is 0 Å². The topological polar surface area (TPSA) is 92.4 Å². The Kier molecular flexibility index (Phi) is 5.51. The average molecular weight is 264 g/mol. The molecule has 5 nitrogen and oxygen atoms in total. The molecular formula is C14H20N2O3. The minimum atomic E-state index is -1.08. The van der Waals surface area contributed by atoms with E-state index in [4.69, 9.17) is 10.8 Å². The highest BCUT2D eigenvalue weighted by molar-refractivity contribution is 5.86. The van der Waals surface area contributed by atoms with Gasteiger partial charge in [0.2, 0.25) is 5.91 Å². The summed E-state index contributed by atoms with van der Waals surface area (Å²) < 4.78 is 0. The van der Waals surface area contributed by atoms with Gasteiger partial charge in [-0.05, 0) is 11.5 Å². The zero-order valence-corrected chi connectivity index (χ0v) is 11.2. The molecule has 1 amide bonds. The first-order chi connectivity index (χ1) is 8.91. The molecule has 2 unspecified atom stereocenters. The van der Waals surface area contributed by atoms with E-state index in [-0.39, 0.29) is 18.4 Å². The van der Waals surface area contributed by atoms with Crippen molar-refractivity contribution in [2.45, 2.75) is 32.4 Å². The fraction of sp³-hybridized carbons (Fsp3) is 0.429. The number of hydrogen-bond acceptors (Lipinski definition) is 3. The summed E-state index contributed by atoms with van der Waals surface area (Å²) >= 11 is 0. The molecule has 104 valence electrons. The molecule has 0 bridgehead atoms. The monoisotopic (exact) mass is 264 g/mol. The molecule has 0 aliphatic heterocycles. The van der Waals surface area contributed by atoms with Crippen LogP contribution in [0.3, 0.4) is 0 Å². The van der Waals surface area contributed by atoms with Crippen LogP contribution in [-0.2, 0) is 9.59 Å². The lowest BCUT2D eigenvalue weighted by molar-refractivity contribution is -0.139. The molecule has 0 aromatic heterocycles. The summed E-state index contributed by atoms with van der Waals surface area (Å²) in [6.45, 7) is 3.97. The fourth-order valence-corrected chi connectivity index (χ4v) is 1.84. The molecule has 5 heteroatoms. The van der Waals surface area contributed by atoms with E-state index >= 15 is 0 Å². The van der Waals surface area contributed by atoms with Gasteiger partial charge in [-0.1, -0.05) is 44.2 Å². The molecule has 0 saturated carbocycles. The van der Waals surface area contributed by atoms with Crippen molar-refractivity contribution in [2.24, 2.45) is 11.7 Å². The molecule has 0 spiro atoms. The van der Waals surface area contributed by atoms with Crippen molar-refractivity contribution in [3.8, 4) is 0 Å². The van der Waals surface area contributed by atoms with Gasteiger partial charge in [0.1, 0.15) is 0 Å². The highest BCUT2D eigenvalue weighted by Gasteiger charge is 2.23. The fourth-order valence-electron chi connectivity index (χ4n) is 1.84. The smallest absolute Gasteiger partial charge is 0.305 e. The lowest BCUT2D eigenvalue weighted by Crippen LogP contribution is -2.44. The van der Waals surface area contributed by atoms with Gasteiger partial charge in [0.15, 0.2) is 0 Å². The van der Waals surface area contributed by atoms with Gasteiger partial charge in [-0.2, -0.15) is 0 Å². The Balaban J connectivity index is 2.75. The summed E-state index contributed by atoms with van der Waals surface area (Å²) in [5.74, 6) is -1.34. The van der Waals surface area contributed by atoms with Crippen LogP contribution in [0.25, 0.3) is 0 Å². The molecule has 19 heavy (non-hydrogen) atoms. The van der Waals surface area contributed by atoms with E-state index in [1.165, 1.54) is 0 Å². The van der Waals surface area contributed by atoms with Gasteiger partial charge in [-0.25, -0.2) is 0 Å². The summed E-state index contributed by atoms with van der Waals surface area (Å²) in [5, 5.41) is 11.4. The molecule has 1 rings (SSSR count). The van der Waals surface area contributed by atoms with Crippen molar-refractivity contribution < 1.29 is 14.7 Å². The third-order valence-corrected chi connectivity index (χ3v) is 2.85. The molecule has 0 fully saturated rings. The first-order valence-electron chi connectivity index (χ1n) is 6.24. The average Bonchev–Trinajstić information content (AvgIpc) is 2.35. The number of carbonyl (C=O) groups is 2. The van der Waals surface area contributed by atoms with E-state index < -0.39 is 17.9 Å². The first kappa shape index (κ1) is 15.2. The van der Waals surface area contributed by atoms with Crippen molar-refractivity contribution in [2.75, 3.05) is 0 Å². The van der Waals surface area contributed by atoms with Crippen molar-refractivity contribution in [3.05, 3.63) is 35.9 Å². The van der Waals surface area contributed by atoms with E-state index in [0.29, 0.717) is 0 Å². The van der Waals surface area contributed by atoms with Crippen LogP contribution >= 0.6 is 0 Å². The second-order valence-corrected chi connectivity index (χ2v) is 4.85. The molecule has 1 aromatic rings. The normalized spacial score (nSPS) is 13.9. The van der Waals surface area contributed by atoms with Crippen LogP contribution in [0.15, 0.2) is 30.3 Å². The predicted molar refractivity (Wildman–Crippen MR) is 72.4 cm³/mol. The molecule has 2 atom stereocenters. The summed E-state index contributed by atoms with van der Waals surface area (Å²) in [4.78, 5) is 22.4. The maximum absolute atomic E-state index is 11.9. The van der Waals surface area contributed by atoms with E-state index in [1.54, 1.807) is 0 Å². The lowest BCUT2D eigenvalue weighted by atomic mass is 9.95. The molecule has 0 aliphatic rings. The molecular weight excluding hydrogens is 244 g/mol. The number of amides is 1. The molecule has 1 aromatic carbocycles. The van der Waals surface area contributed by atoms with Crippen LogP contribution in [0.4, 0.5) is 0 Å². The minimum Gasteiger partial charge on any atom is -0.481 e. The Bertz CT molecular complexity index is 432. The summed E-state index contributed by atoms with van der Waals surface area (Å²) in [5.41, 5.74) is 6.53. The number of nitrogens with two attached hydrogens (primary N) is 1. The predicted octanol–water partition coefficient (Wildman–Crippen LogP) is 1.30. The molecule has 0 saturated heterocycles. The Hall–Kier alpha value is -1.88. The van der Waals surface area contributed by atoms with Crippen molar-refractivity contribution in [1.29, 1.82) is 0 Å². The van der Waals surface area contributed by atoms with Crippen molar-refractivity contribution >= 4 is 11.9 Å². The second kappa shape index (κ2) is 6.89. The first-order valence-corrected chi connectivity index (χ1v) is 6.24. The van der Waals surface area contributed by atoms with Crippen molar-refractivity contribution in [1.82, 2.24) is 5.32 Å². The quantitative estimate of drug-likeness (QED) is 0.722. The Morgan fingerprint density at radius 3 is 2.32 bits per heavy atom. The summed E-state index contributed by atoms with van der Waals surface area (Å²) in [6.07, 6.45) is -0.370. The highest BCUT2D eigenvalue weighted by atomic mass is 16.4. The van der Waals surface area contributed by atoms with Crippen LogP contribution < -0.4 is 11.1 Å². The number of hydrogen-bond donors (Lipinski definition) is 3. The number of carbonyl (C=O) groups excluding carboxylic acids is 1. The number of aliphatic carboxylic acids is 1. The van der Waals surface area contributed by atoms with E-state index in [0.717, 1.165) is 5.56 Å². The zero-order valence-electron chi connectivity index (χ0n) is 11.2. The number of nitrogens with one attached hydrogen (secondary N) is 1. The number of carboxylic acid groups (broad SMARTS) is 1. The second-order valence-electron chi connectivity index (χ2n) is 4.85. The standard InChI is InChI=1S/C14H20N2O3/c1-9(2)13(10-6-4-3-5-7-10)16-14(19)11(15)8-12(17)18/h3-7,9,11,13H,8,15H2,1-2H3,(H,16,19)(H,17,18). The Morgan fingerprint density at radius 1 is 1.26 bits per heavy atom. The SMILES string of the molecule is CC(C)C(NC(=O)C(N)CC(=O)O)c1ccccc1. The maximum Gasteiger partial charge on any atom is 0.305 e. The maximum atomic E-state index is 11.9. The van der Waals surface area contributed by atoms with Crippen LogP contribution in [-0.4, -0.2) is 23.0 Å². The minimum absolute atomic E-state index is 0.173. The molecule has 0 aliphatic carbocycles. The van der Waals surface area contributed by atoms with Gasteiger partial charge in [-0.15, -0.1) is 0 Å². The number of rotatable bonds is 6. The Labute approximate surface area is 112 Å². The summed E-state index contributed by atoms with van der Waals surface area (Å²) in [7, 11) is 0. The number of benzene rings is 1. The van der Waals surface area contributed by atoms with Gasteiger partial charge < -0.3 is 16.2 Å². The molecule has 4 N–H and O–H groups in total. The largest absolute Gasteiger partial charge is 0.481 e. The third-order valence-electron chi connectivity index (χ3n) is 2.85. The van der Waals surface area contributed by atoms with Crippen LogP contribution in [0, 0.1) is 5.92 Å². The molecule has 0 radical (unpaired) electrons. The Morgan fingerprint density at radius 2 is 1.84 bits per heavy atom. The van der Waals surface area contributed by atoms with E-state index in [1.807, 2.05) is 44.2 Å². The van der Waals surface area contributed by atoms with Crippen molar-refractivity contribution in [3.63, 3.8) is 0 Å². The van der Waals surface area contributed by atoms with Crippen LogP contribution in [0.2, 0.25) is 0 Å².